The first-order valence-corrected chi connectivity index (χ1v) is 11.9. The van der Waals surface area contributed by atoms with E-state index in [1.54, 1.807) is 4.90 Å². The average Bonchev–Trinajstić information content (AvgIpc) is 3.40. The van der Waals surface area contributed by atoms with Crippen molar-refractivity contribution in [3.63, 3.8) is 0 Å². The minimum absolute atomic E-state index is 0.0729. The third-order valence-corrected chi connectivity index (χ3v) is 7.11. The molecular weight excluding hydrogens is 418 g/mol. The molecule has 0 saturated carbocycles. The van der Waals surface area contributed by atoms with E-state index < -0.39 is 27.0 Å². The van der Waals surface area contributed by atoms with Crippen molar-refractivity contribution in [1.29, 1.82) is 0 Å². The standard InChI is InChI=1S/C21H27N5O4S/c22-21(28)26-18(8-9-19(26)31(23,29)30)20(27)25-13-16-11-24(12-17(16)14-25)10-4-7-15-5-2-1-3-6-15/h1-3,5-6,8-9,16-17H,4,7,10-14H2,(H2,22,28)(H2,23,29,30)/t16-,17?/m0/s1. The summed E-state index contributed by atoms with van der Waals surface area (Å²) < 4.78 is 24.1. The van der Waals surface area contributed by atoms with Crippen molar-refractivity contribution in [3.8, 4) is 0 Å². The first-order valence-electron chi connectivity index (χ1n) is 10.3. The molecule has 2 fully saturated rings. The molecular formula is C21H27N5O4S. The number of primary sulfonamides is 1. The van der Waals surface area contributed by atoms with E-state index in [2.05, 4.69) is 29.2 Å². The Labute approximate surface area is 181 Å². The van der Waals surface area contributed by atoms with Gasteiger partial charge in [-0.2, -0.15) is 0 Å². The van der Waals surface area contributed by atoms with Gasteiger partial charge < -0.3 is 15.5 Å². The first kappa shape index (κ1) is 21.5. The molecule has 2 atom stereocenters. The molecule has 1 unspecified atom stereocenters. The number of nitrogens with zero attached hydrogens (tertiary/aromatic N) is 3. The van der Waals surface area contributed by atoms with Gasteiger partial charge in [-0.05, 0) is 48.9 Å². The van der Waals surface area contributed by atoms with Gasteiger partial charge in [0, 0.05) is 26.2 Å². The molecule has 2 aliphatic rings. The van der Waals surface area contributed by atoms with Crippen LogP contribution in [0.3, 0.4) is 0 Å². The van der Waals surface area contributed by atoms with Crippen molar-refractivity contribution < 1.29 is 18.0 Å². The number of sulfonamides is 1. The van der Waals surface area contributed by atoms with E-state index in [1.165, 1.54) is 11.6 Å². The van der Waals surface area contributed by atoms with E-state index in [9.17, 15) is 18.0 Å². The van der Waals surface area contributed by atoms with Crippen molar-refractivity contribution in [2.45, 2.75) is 17.9 Å². The number of aromatic nitrogens is 1. The van der Waals surface area contributed by atoms with Gasteiger partial charge >= 0.3 is 6.03 Å². The Morgan fingerprint density at radius 2 is 1.61 bits per heavy atom. The topological polar surface area (TPSA) is 132 Å². The fraction of sp³-hybridized carbons (Fsp3) is 0.429. The maximum Gasteiger partial charge on any atom is 0.324 e. The van der Waals surface area contributed by atoms with Crippen molar-refractivity contribution in [1.82, 2.24) is 14.4 Å². The second kappa shape index (κ2) is 8.45. The molecule has 31 heavy (non-hydrogen) atoms. The zero-order valence-electron chi connectivity index (χ0n) is 17.2. The third-order valence-electron chi connectivity index (χ3n) is 6.21. The molecule has 166 valence electrons. The quantitative estimate of drug-likeness (QED) is 0.676. The molecule has 1 aromatic heterocycles. The van der Waals surface area contributed by atoms with Crippen LogP contribution >= 0.6 is 0 Å². The van der Waals surface area contributed by atoms with Crippen LogP contribution in [0.25, 0.3) is 0 Å². The van der Waals surface area contributed by atoms with Crippen LogP contribution < -0.4 is 10.9 Å². The summed E-state index contributed by atoms with van der Waals surface area (Å²) in [5, 5.41) is 4.66. The predicted octanol–water partition coefficient (Wildman–Crippen LogP) is 0.699. The second-order valence-corrected chi connectivity index (χ2v) is 9.86. The van der Waals surface area contributed by atoms with Crippen molar-refractivity contribution in [2.24, 2.45) is 22.7 Å². The highest BCUT2D eigenvalue weighted by atomic mass is 32.2. The number of amides is 2. The molecule has 3 heterocycles. The van der Waals surface area contributed by atoms with E-state index in [-0.39, 0.29) is 5.69 Å². The highest BCUT2D eigenvalue weighted by molar-refractivity contribution is 7.89. The SMILES string of the molecule is NC(=O)n1c(C(=O)N2CC3CN(CCCc4ccccc4)C[C@H]3C2)ccc1S(N)(=O)=O. The van der Waals surface area contributed by atoms with Gasteiger partial charge in [-0.25, -0.2) is 22.9 Å². The lowest BCUT2D eigenvalue weighted by Gasteiger charge is -2.22. The summed E-state index contributed by atoms with van der Waals surface area (Å²) in [5.74, 6) is 0.337. The zero-order valence-corrected chi connectivity index (χ0v) is 18.0. The van der Waals surface area contributed by atoms with E-state index in [0.717, 1.165) is 38.5 Å². The number of fused-ring (bicyclic) bond motifs is 1. The number of aryl methyl sites for hydroxylation is 1. The zero-order chi connectivity index (χ0) is 22.2. The molecule has 2 saturated heterocycles. The van der Waals surface area contributed by atoms with Crippen molar-refractivity contribution in [3.05, 3.63) is 53.7 Å². The van der Waals surface area contributed by atoms with Crippen LogP contribution in [-0.4, -0.2) is 67.4 Å². The van der Waals surface area contributed by atoms with E-state index >= 15 is 0 Å². The van der Waals surface area contributed by atoms with Crippen LogP contribution in [0.15, 0.2) is 47.5 Å². The van der Waals surface area contributed by atoms with E-state index in [0.29, 0.717) is 29.5 Å². The molecule has 2 amide bonds. The highest BCUT2D eigenvalue weighted by Crippen LogP contribution is 2.32. The summed E-state index contributed by atoms with van der Waals surface area (Å²) in [7, 11) is -4.18. The normalized spacial score (nSPS) is 21.4. The number of likely N-dealkylation sites (tertiary alicyclic amines) is 2. The Balaban J connectivity index is 1.35. The summed E-state index contributed by atoms with van der Waals surface area (Å²) in [6.07, 6.45) is 2.14. The number of hydrogen-bond donors (Lipinski definition) is 2. The van der Waals surface area contributed by atoms with Crippen LogP contribution in [-0.2, 0) is 16.4 Å². The Morgan fingerprint density at radius 1 is 0.968 bits per heavy atom. The molecule has 0 radical (unpaired) electrons. The number of primary amides is 1. The summed E-state index contributed by atoms with van der Waals surface area (Å²) in [5.41, 5.74) is 6.59. The van der Waals surface area contributed by atoms with Crippen LogP contribution in [0.5, 0.6) is 0 Å². The molecule has 2 aliphatic heterocycles. The third kappa shape index (κ3) is 4.51. The minimum atomic E-state index is -4.18. The fourth-order valence-corrected chi connectivity index (χ4v) is 5.49. The lowest BCUT2D eigenvalue weighted by atomic mass is 10.0. The lowest BCUT2D eigenvalue weighted by molar-refractivity contribution is 0.0764. The summed E-state index contributed by atoms with van der Waals surface area (Å²) in [4.78, 5) is 28.9. The van der Waals surface area contributed by atoms with Gasteiger partial charge in [-0.3, -0.25) is 4.79 Å². The molecule has 4 rings (SSSR count). The van der Waals surface area contributed by atoms with Gasteiger partial charge in [0.15, 0.2) is 5.03 Å². The van der Waals surface area contributed by atoms with Crippen LogP contribution in [0.4, 0.5) is 4.79 Å². The predicted molar refractivity (Wildman–Crippen MR) is 115 cm³/mol. The molecule has 2 aromatic rings. The Morgan fingerprint density at radius 3 is 2.19 bits per heavy atom. The average molecular weight is 446 g/mol. The largest absolute Gasteiger partial charge is 0.351 e. The maximum absolute atomic E-state index is 13.0. The number of hydrogen-bond acceptors (Lipinski definition) is 5. The molecule has 0 bridgehead atoms. The fourth-order valence-electron chi connectivity index (χ4n) is 4.79. The van der Waals surface area contributed by atoms with Gasteiger partial charge in [-0.1, -0.05) is 30.3 Å². The first-order chi connectivity index (χ1) is 14.7. The minimum Gasteiger partial charge on any atom is -0.351 e. The number of benzene rings is 1. The number of nitrogens with two attached hydrogens (primary N) is 2. The molecule has 0 spiro atoms. The van der Waals surface area contributed by atoms with Crippen molar-refractivity contribution in [2.75, 3.05) is 32.7 Å². The number of carbonyl (C=O) groups is 2. The van der Waals surface area contributed by atoms with Gasteiger partial charge in [0.1, 0.15) is 5.69 Å². The van der Waals surface area contributed by atoms with Crippen LogP contribution in [0.2, 0.25) is 0 Å². The molecule has 0 aliphatic carbocycles. The van der Waals surface area contributed by atoms with E-state index in [1.807, 2.05) is 6.07 Å². The Bertz CT molecular complexity index is 1070. The lowest BCUT2D eigenvalue weighted by Crippen LogP contribution is -2.37. The van der Waals surface area contributed by atoms with Gasteiger partial charge in [-0.15, -0.1) is 0 Å². The Kier molecular flexibility index (Phi) is 5.87. The van der Waals surface area contributed by atoms with Gasteiger partial charge in [0.25, 0.3) is 15.9 Å². The number of carbonyl (C=O) groups excluding carboxylic acids is 2. The Hall–Kier alpha value is -2.69. The maximum atomic E-state index is 13.0. The molecule has 1 aromatic carbocycles. The van der Waals surface area contributed by atoms with Gasteiger partial charge in [0.2, 0.25) is 0 Å². The second-order valence-electron chi connectivity index (χ2n) is 8.35. The summed E-state index contributed by atoms with van der Waals surface area (Å²) >= 11 is 0. The van der Waals surface area contributed by atoms with E-state index in [4.69, 9.17) is 10.9 Å². The van der Waals surface area contributed by atoms with Crippen LogP contribution in [0, 0.1) is 11.8 Å². The molecule has 9 nitrogen and oxygen atoms in total. The van der Waals surface area contributed by atoms with Crippen molar-refractivity contribution >= 4 is 22.0 Å². The van der Waals surface area contributed by atoms with Gasteiger partial charge in [0.05, 0.1) is 0 Å². The molecule has 10 heteroatoms. The highest BCUT2D eigenvalue weighted by Gasteiger charge is 2.42. The number of rotatable bonds is 6. The molecule has 4 N–H and O–H groups in total. The summed E-state index contributed by atoms with van der Waals surface area (Å²) in [6.45, 7) is 4.05. The van der Waals surface area contributed by atoms with Crippen LogP contribution in [0.1, 0.15) is 22.5 Å². The smallest absolute Gasteiger partial charge is 0.324 e. The monoisotopic (exact) mass is 445 g/mol. The summed E-state index contributed by atoms with van der Waals surface area (Å²) in [6, 6.07) is 11.8.